The number of aliphatic hydroxyl groups is 1. The Kier molecular flexibility index (Phi) is 14.3. The van der Waals surface area contributed by atoms with Crippen LogP contribution in [-0.2, 0) is 14.3 Å². The number of aliphatic hydroxyl groups excluding tert-OH is 1. The lowest BCUT2D eigenvalue weighted by molar-refractivity contribution is -0.137. The minimum Gasteiger partial charge on any atom is -0.494 e. The smallest absolute Gasteiger partial charge is 0.343 e. The quantitative estimate of drug-likeness (QED) is 0.0288. The molecule has 0 saturated carbocycles. The maximum absolute atomic E-state index is 12.5. The number of unbranched alkanes of at least 4 members (excludes halogenated alkanes) is 2. The molecule has 0 saturated heterocycles. The molecular formula is C34H36O10. The van der Waals surface area contributed by atoms with Gasteiger partial charge in [-0.3, -0.25) is 0 Å². The van der Waals surface area contributed by atoms with Crippen LogP contribution in [0.2, 0.25) is 0 Å². The van der Waals surface area contributed by atoms with Crippen molar-refractivity contribution in [1.29, 1.82) is 0 Å². The Bertz CT molecular complexity index is 1360. The lowest BCUT2D eigenvalue weighted by atomic mass is 10.2. The van der Waals surface area contributed by atoms with Crippen LogP contribution in [0.25, 0.3) is 0 Å². The third kappa shape index (κ3) is 12.7. The zero-order valence-electron chi connectivity index (χ0n) is 24.4. The number of esters is 2. The number of carbonyl (C=O) groups excluding carboxylic acids is 2. The lowest BCUT2D eigenvalue weighted by Gasteiger charge is -2.11. The first kappa shape index (κ1) is 33.2. The van der Waals surface area contributed by atoms with Crippen LogP contribution in [0.4, 0.5) is 0 Å². The van der Waals surface area contributed by atoms with E-state index in [-0.39, 0.29) is 12.7 Å². The topological polar surface area (TPSA) is 119 Å². The number of rotatable bonds is 20. The number of ether oxygens (including phenoxy) is 7. The molecule has 232 valence electrons. The summed E-state index contributed by atoms with van der Waals surface area (Å²) < 4.78 is 37.9. The van der Waals surface area contributed by atoms with E-state index in [1.807, 2.05) is 0 Å². The summed E-state index contributed by atoms with van der Waals surface area (Å²) in [5.41, 5.74) is 2.64. The van der Waals surface area contributed by atoms with Gasteiger partial charge in [0.1, 0.15) is 28.7 Å². The molecule has 10 nitrogen and oxygen atoms in total. The average molecular weight is 605 g/mol. The molecular weight excluding hydrogens is 568 g/mol. The Morgan fingerprint density at radius 3 is 1.57 bits per heavy atom. The molecule has 0 atom stereocenters. The van der Waals surface area contributed by atoms with Gasteiger partial charge in [0.25, 0.3) is 0 Å². The highest BCUT2D eigenvalue weighted by molar-refractivity contribution is 5.91. The van der Waals surface area contributed by atoms with Crippen molar-refractivity contribution in [2.24, 2.45) is 0 Å². The van der Waals surface area contributed by atoms with Crippen molar-refractivity contribution < 1.29 is 47.9 Å². The van der Waals surface area contributed by atoms with Gasteiger partial charge >= 0.3 is 17.9 Å². The Morgan fingerprint density at radius 2 is 1.07 bits per heavy atom. The molecule has 0 spiro atoms. The van der Waals surface area contributed by atoms with Crippen LogP contribution in [-0.4, -0.2) is 50.3 Å². The predicted molar refractivity (Wildman–Crippen MR) is 162 cm³/mol. The Labute approximate surface area is 256 Å². The fraction of sp³-hybridized carbons (Fsp3) is 0.265. The normalized spacial score (nSPS) is 10.1. The monoisotopic (exact) mass is 604 g/mol. The van der Waals surface area contributed by atoms with E-state index in [1.165, 1.54) is 0 Å². The third-order valence-electron chi connectivity index (χ3n) is 5.82. The number of hydrogen-bond acceptors (Lipinski definition) is 10. The van der Waals surface area contributed by atoms with Gasteiger partial charge in [-0.1, -0.05) is 6.58 Å². The van der Waals surface area contributed by atoms with Gasteiger partial charge in [-0.15, -0.1) is 0 Å². The van der Waals surface area contributed by atoms with E-state index in [2.05, 4.69) is 18.9 Å². The van der Waals surface area contributed by atoms with Gasteiger partial charge in [0, 0.05) is 6.08 Å². The first-order valence-electron chi connectivity index (χ1n) is 14.0. The molecule has 0 aliphatic heterocycles. The highest BCUT2D eigenvalue weighted by Crippen LogP contribution is 2.21. The maximum Gasteiger partial charge on any atom is 0.343 e. The van der Waals surface area contributed by atoms with Crippen molar-refractivity contribution in [3.8, 4) is 28.7 Å². The fourth-order valence-corrected chi connectivity index (χ4v) is 3.49. The molecule has 0 aliphatic rings. The summed E-state index contributed by atoms with van der Waals surface area (Å²) in [5.74, 6) is 1.62. The molecule has 0 aliphatic carbocycles. The minimum atomic E-state index is -0.500. The first-order valence-corrected chi connectivity index (χ1v) is 14.0. The van der Waals surface area contributed by atoms with Crippen molar-refractivity contribution >= 4 is 11.9 Å². The van der Waals surface area contributed by atoms with Crippen molar-refractivity contribution in [2.75, 3.05) is 33.2 Å². The van der Waals surface area contributed by atoms with Crippen LogP contribution in [0.5, 0.6) is 28.7 Å². The van der Waals surface area contributed by atoms with Crippen molar-refractivity contribution in [3.63, 3.8) is 0 Å². The lowest BCUT2D eigenvalue weighted by Crippen LogP contribution is -2.09. The molecule has 0 heterocycles. The molecule has 0 fully saturated rings. The molecule has 0 amide bonds. The van der Waals surface area contributed by atoms with E-state index in [9.17, 15) is 9.59 Å². The zero-order valence-corrected chi connectivity index (χ0v) is 24.4. The second-order valence-corrected chi connectivity index (χ2v) is 9.08. The average Bonchev–Trinajstić information content (AvgIpc) is 3.05. The van der Waals surface area contributed by atoms with Gasteiger partial charge in [0.15, 0.2) is 0 Å². The van der Waals surface area contributed by atoms with E-state index in [0.717, 1.165) is 18.9 Å². The van der Waals surface area contributed by atoms with Crippen LogP contribution in [0.15, 0.2) is 104 Å². The Morgan fingerprint density at radius 1 is 0.636 bits per heavy atom. The molecule has 1 N–H and O–H groups in total. The van der Waals surface area contributed by atoms with Crippen molar-refractivity contribution in [2.45, 2.75) is 25.7 Å². The van der Waals surface area contributed by atoms with E-state index in [0.29, 0.717) is 73.6 Å². The Hall–Kier alpha value is -5.34. The highest BCUT2D eigenvalue weighted by atomic mass is 16.7. The van der Waals surface area contributed by atoms with Crippen molar-refractivity contribution in [3.05, 3.63) is 109 Å². The summed E-state index contributed by atoms with van der Waals surface area (Å²) in [6.07, 6.45) is 4.00. The molecule has 10 heteroatoms. The van der Waals surface area contributed by atoms with E-state index < -0.39 is 11.9 Å². The number of hydrogen-bond donors (Lipinski definition) is 1. The molecule has 3 rings (SSSR count). The predicted octanol–water partition coefficient (Wildman–Crippen LogP) is 6.57. The molecule has 44 heavy (non-hydrogen) atoms. The Balaban J connectivity index is 1.30. The summed E-state index contributed by atoms with van der Waals surface area (Å²) in [6, 6.07) is 20.4. The molecule has 0 bridgehead atoms. The molecule has 3 aromatic rings. The zero-order chi connectivity index (χ0) is 31.4. The van der Waals surface area contributed by atoms with Gasteiger partial charge in [-0.05, 0) is 111 Å². The summed E-state index contributed by atoms with van der Waals surface area (Å²) in [6.45, 7) is 8.27. The van der Waals surface area contributed by atoms with Crippen LogP contribution in [0, 0.1) is 0 Å². The number of benzene rings is 3. The molecule has 0 radical (unpaired) electrons. The van der Waals surface area contributed by atoms with Gasteiger partial charge in [-0.2, -0.15) is 0 Å². The van der Waals surface area contributed by atoms with Gasteiger partial charge < -0.3 is 38.3 Å². The maximum atomic E-state index is 12.5. The SMILES string of the molecule is C=C=C(O)OCCCCOc1ccc(OCOc2ccc(OC(=O)c3ccc(OCCCCOC(=O)C=C)cc3)cc2)cc1. The molecule has 0 unspecified atom stereocenters. The summed E-state index contributed by atoms with van der Waals surface area (Å²) >= 11 is 0. The van der Waals surface area contributed by atoms with Gasteiger partial charge in [-0.25, -0.2) is 9.59 Å². The summed E-state index contributed by atoms with van der Waals surface area (Å²) in [7, 11) is 0. The van der Waals surface area contributed by atoms with Crippen molar-refractivity contribution in [1.82, 2.24) is 0 Å². The summed E-state index contributed by atoms with van der Waals surface area (Å²) in [4.78, 5) is 23.5. The van der Waals surface area contributed by atoms with E-state index in [4.69, 9.17) is 38.3 Å². The van der Waals surface area contributed by atoms with E-state index >= 15 is 0 Å². The van der Waals surface area contributed by atoms with Crippen LogP contribution in [0.3, 0.4) is 0 Å². The number of carbonyl (C=O) groups is 2. The second kappa shape index (κ2) is 19.0. The van der Waals surface area contributed by atoms with E-state index in [1.54, 1.807) is 72.8 Å². The minimum absolute atomic E-state index is 0.0114. The van der Waals surface area contributed by atoms with Crippen LogP contribution < -0.4 is 23.7 Å². The van der Waals surface area contributed by atoms with Gasteiger partial charge in [0.2, 0.25) is 6.79 Å². The fourth-order valence-electron chi connectivity index (χ4n) is 3.49. The third-order valence-corrected chi connectivity index (χ3v) is 5.82. The van der Waals surface area contributed by atoms with Crippen LogP contribution in [0.1, 0.15) is 36.0 Å². The summed E-state index contributed by atoms with van der Waals surface area (Å²) in [5, 5.41) is 9.11. The van der Waals surface area contributed by atoms with Gasteiger partial charge in [0.05, 0.1) is 32.0 Å². The molecule has 3 aromatic carbocycles. The van der Waals surface area contributed by atoms with Crippen LogP contribution >= 0.6 is 0 Å². The highest BCUT2D eigenvalue weighted by Gasteiger charge is 2.09. The largest absolute Gasteiger partial charge is 0.494 e. The first-order chi connectivity index (χ1) is 21.5. The molecule has 0 aromatic heterocycles. The standard InChI is InChI=1S/C34H36O10/c1-3-32(35)40-23-7-5-21-38-27-11-9-26(10-12-27)34(37)44-31-19-17-30(18-20-31)43-25-42-29-15-13-28(14-16-29)39-22-6-8-24-41-33(36)4-2/h3,9-20,36H,1-2,5-8,21-25H2. The second-order valence-electron chi connectivity index (χ2n) is 9.08.